The quantitative estimate of drug-likeness (QED) is 0.656. The van der Waals surface area contributed by atoms with Gasteiger partial charge in [0.25, 0.3) is 0 Å². The van der Waals surface area contributed by atoms with Crippen LogP contribution >= 0.6 is 0 Å². The van der Waals surface area contributed by atoms with E-state index < -0.39 is 0 Å². The van der Waals surface area contributed by atoms with Gasteiger partial charge in [-0.1, -0.05) is 26.7 Å². The monoisotopic (exact) mass is 241 g/mol. The highest BCUT2D eigenvalue weighted by Crippen LogP contribution is 2.34. The van der Waals surface area contributed by atoms with Crippen LogP contribution in [0.4, 0.5) is 0 Å². The molecule has 1 N–H and O–H groups in total. The third kappa shape index (κ3) is 5.39. The molecule has 0 aliphatic heterocycles. The molecule has 1 fully saturated rings. The predicted molar refractivity (Wildman–Crippen MR) is 74.3 cm³/mol. The van der Waals surface area contributed by atoms with Crippen molar-refractivity contribution in [2.75, 3.05) is 19.8 Å². The zero-order chi connectivity index (χ0) is 12.5. The van der Waals surface area contributed by atoms with Gasteiger partial charge in [0.1, 0.15) is 0 Å². The van der Waals surface area contributed by atoms with Gasteiger partial charge in [-0.3, -0.25) is 0 Å². The van der Waals surface area contributed by atoms with E-state index in [0.717, 1.165) is 37.6 Å². The van der Waals surface area contributed by atoms with Gasteiger partial charge in [-0.15, -0.1) is 0 Å². The number of ether oxygens (including phenoxy) is 1. The van der Waals surface area contributed by atoms with Crippen LogP contribution in [0.2, 0.25) is 0 Å². The fourth-order valence-electron chi connectivity index (χ4n) is 3.26. The maximum absolute atomic E-state index is 5.53. The first kappa shape index (κ1) is 15.0. The number of nitrogens with one attached hydrogen (secondary N) is 1. The maximum atomic E-state index is 5.53. The number of hydrogen-bond donors (Lipinski definition) is 1. The molecular weight excluding hydrogens is 210 g/mol. The SMILES string of the molecule is CCCC1CCC(NCC)C(CCOCC)C1. The second kappa shape index (κ2) is 8.93. The molecule has 0 amide bonds. The summed E-state index contributed by atoms with van der Waals surface area (Å²) in [5, 5.41) is 3.67. The van der Waals surface area contributed by atoms with Crippen LogP contribution in [0.5, 0.6) is 0 Å². The van der Waals surface area contributed by atoms with Gasteiger partial charge in [-0.2, -0.15) is 0 Å². The molecule has 102 valence electrons. The van der Waals surface area contributed by atoms with Crippen molar-refractivity contribution in [2.45, 2.75) is 65.3 Å². The Balaban J connectivity index is 2.38. The molecule has 17 heavy (non-hydrogen) atoms. The summed E-state index contributed by atoms with van der Waals surface area (Å²) < 4.78 is 5.53. The molecule has 0 aromatic carbocycles. The first-order valence-electron chi connectivity index (χ1n) is 7.62. The van der Waals surface area contributed by atoms with Gasteiger partial charge in [0.15, 0.2) is 0 Å². The molecule has 2 heteroatoms. The Morgan fingerprint density at radius 3 is 2.59 bits per heavy atom. The van der Waals surface area contributed by atoms with Gasteiger partial charge < -0.3 is 10.1 Å². The van der Waals surface area contributed by atoms with Crippen molar-refractivity contribution >= 4 is 0 Å². The largest absolute Gasteiger partial charge is 0.382 e. The van der Waals surface area contributed by atoms with E-state index in [4.69, 9.17) is 4.74 Å². The van der Waals surface area contributed by atoms with Gasteiger partial charge in [0, 0.05) is 19.3 Å². The highest BCUT2D eigenvalue weighted by Gasteiger charge is 2.29. The second-order valence-corrected chi connectivity index (χ2v) is 5.38. The van der Waals surface area contributed by atoms with Crippen molar-refractivity contribution in [3.63, 3.8) is 0 Å². The average molecular weight is 241 g/mol. The smallest absolute Gasteiger partial charge is 0.0469 e. The van der Waals surface area contributed by atoms with Gasteiger partial charge >= 0.3 is 0 Å². The van der Waals surface area contributed by atoms with Crippen LogP contribution in [0.25, 0.3) is 0 Å². The van der Waals surface area contributed by atoms with Crippen molar-refractivity contribution in [3.05, 3.63) is 0 Å². The Morgan fingerprint density at radius 1 is 1.12 bits per heavy atom. The molecule has 1 saturated carbocycles. The Bertz CT molecular complexity index is 184. The molecular formula is C15H31NO. The normalized spacial score (nSPS) is 29.5. The van der Waals surface area contributed by atoms with Gasteiger partial charge in [0.2, 0.25) is 0 Å². The molecule has 0 spiro atoms. The number of hydrogen-bond acceptors (Lipinski definition) is 2. The standard InChI is InChI=1S/C15H31NO/c1-4-7-13-8-9-15(16-5-2)14(12-13)10-11-17-6-3/h13-16H,4-12H2,1-3H3. The highest BCUT2D eigenvalue weighted by molar-refractivity contribution is 4.84. The van der Waals surface area contributed by atoms with E-state index in [0.29, 0.717) is 0 Å². The third-order valence-corrected chi connectivity index (χ3v) is 4.09. The van der Waals surface area contributed by atoms with Gasteiger partial charge in [-0.05, 0) is 51.0 Å². The minimum Gasteiger partial charge on any atom is -0.382 e. The number of rotatable bonds is 8. The average Bonchev–Trinajstić information content (AvgIpc) is 2.33. The summed E-state index contributed by atoms with van der Waals surface area (Å²) in [7, 11) is 0. The van der Waals surface area contributed by atoms with Crippen LogP contribution in [-0.2, 0) is 4.74 Å². The van der Waals surface area contributed by atoms with Crippen molar-refractivity contribution in [3.8, 4) is 0 Å². The Hall–Kier alpha value is -0.0800. The van der Waals surface area contributed by atoms with Crippen LogP contribution in [0.1, 0.15) is 59.3 Å². The first-order valence-corrected chi connectivity index (χ1v) is 7.62. The molecule has 0 aromatic rings. The minimum atomic E-state index is 0.744. The minimum absolute atomic E-state index is 0.744. The molecule has 0 radical (unpaired) electrons. The topological polar surface area (TPSA) is 21.3 Å². The summed E-state index contributed by atoms with van der Waals surface area (Å²) >= 11 is 0. The fraction of sp³-hybridized carbons (Fsp3) is 1.00. The van der Waals surface area contributed by atoms with E-state index in [1.807, 2.05) is 0 Å². The predicted octanol–water partition coefficient (Wildman–Crippen LogP) is 3.61. The lowest BCUT2D eigenvalue weighted by Crippen LogP contribution is -2.41. The van der Waals surface area contributed by atoms with Crippen LogP contribution in [0.3, 0.4) is 0 Å². The van der Waals surface area contributed by atoms with E-state index in [9.17, 15) is 0 Å². The lowest BCUT2D eigenvalue weighted by molar-refractivity contribution is 0.103. The molecule has 1 aliphatic rings. The first-order chi connectivity index (χ1) is 8.31. The van der Waals surface area contributed by atoms with E-state index in [2.05, 4.69) is 26.1 Å². The molecule has 1 rings (SSSR count). The summed E-state index contributed by atoms with van der Waals surface area (Å²) in [6, 6.07) is 0.744. The second-order valence-electron chi connectivity index (χ2n) is 5.38. The van der Waals surface area contributed by atoms with Gasteiger partial charge in [0.05, 0.1) is 0 Å². The van der Waals surface area contributed by atoms with Crippen LogP contribution < -0.4 is 5.32 Å². The summed E-state index contributed by atoms with van der Waals surface area (Å²) in [4.78, 5) is 0. The zero-order valence-corrected chi connectivity index (χ0v) is 12.0. The van der Waals surface area contributed by atoms with Crippen LogP contribution in [-0.4, -0.2) is 25.8 Å². The Labute approximate surface area is 108 Å². The van der Waals surface area contributed by atoms with Crippen molar-refractivity contribution in [1.29, 1.82) is 0 Å². The molecule has 0 bridgehead atoms. The lowest BCUT2D eigenvalue weighted by Gasteiger charge is -2.36. The van der Waals surface area contributed by atoms with Crippen molar-refractivity contribution in [1.82, 2.24) is 5.32 Å². The van der Waals surface area contributed by atoms with Crippen LogP contribution in [0, 0.1) is 11.8 Å². The molecule has 0 aromatic heterocycles. The molecule has 0 saturated heterocycles. The molecule has 2 nitrogen and oxygen atoms in total. The summed E-state index contributed by atoms with van der Waals surface area (Å²) in [5.41, 5.74) is 0. The van der Waals surface area contributed by atoms with E-state index in [1.165, 1.54) is 38.5 Å². The lowest BCUT2D eigenvalue weighted by atomic mass is 9.75. The Kier molecular flexibility index (Phi) is 7.87. The third-order valence-electron chi connectivity index (χ3n) is 4.09. The van der Waals surface area contributed by atoms with Crippen molar-refractivity contribution in [2.24, 2.45) is 11.8 Å². The van der Waals surface area contributed by atoms with Crippen LogP contribution in [0.15, 0.2) is 0 Å². The van der Waals surface area contributed by atoms with Gasteiger partial charge in [-0.25, -0.2) is 0 Å². The molecule has 3 atom stereocenters. The zero-order valence-electron chi connectivity index (χ0n) is 12.0. The summed E-state index contributed by atoms with van der Waals surface area (Å²) in [5.74, 6) is 1.81. The maximum Gasteiger partial charge on any atom is 0.0469 e. The van der Waals surface area contributed by atoms with E-state index in [-0.39, 0.29) is 0 Å². The summed E-state index contributed by atoms with van der Waals surface area (Å²) in [6.45, 7) is 9.53. The summed E-state index contributed by atoms with van der Waals surface area (Å²) in [6.07, 6.45) is 8.22. The fourth-order valence-corrected chi connectivity index (χ4v) is 3.26. The van der Waals surface area contributed by atoms with E-state index in [1.54, 1.807) is 0 Å². The highest BCUT2D eigenvalue weighted by atomic mass is 16.5. The van der Waals surface area contributed by atoms with E-state index >= 15 is 0 Å². The molecule has 3 unspecified atom stereocenters. The van der Waals surface area contributed by atoms with Crippen molar-refractivity contribution < 1.29 is 4.74 Å². The molecule has 1 aliphatic carbocycles. The molecule has 0 heterocycles. The Morgan fingerprint density at radius 2 is 1.94 bits per heavy atom.